The van der Waals surface area contributed by atoms with E-state index in [9.17, 15) is 10.2 Å². The van der Waals surface area contributed by atoms with Crippen LogP contribution in [0.5, 0.6) is 0 Å². The molecule has 0 radical (unpaired) electrons. The minimum Gasteiger partial charge on any atom is -0.390 e. The molecule has 1 aliphatic carbocycles. The average Bonchev–Trinajstić information content (AvgIpc) is 2.31. The smallest absolute Gasteiger partial charge is 0.105 e. The monoisotopic (exact) mass is 228 g/mol. The number of aliphatic hydroxyl groups excluding tert-OH is 2. The number of hydrogen-bond donors (Lipinski definition) is 2. The summed E-state index contributed by atoms with van der Waals surface area (Å²) in [5.74, 6) is 0. The van der Waals surface area contributed by atoms with Crippen molar-refractivity contribution in [2.75, 3.05) is 0 Å². The topological polar surface area (TPSA) is 40.5 Å². The van der Waals surface area contributed by atoms with Crippen molar-refractivity contribution in [3.8, 4) is 0 Å². The van der Waals surface area contributed by atoms with E-state index in [-0.39, 0.29) is 0 Å². The highest BCUT2D eigenvalue weighted by Crippen LogP contribution is 2.32. The minimum atomic E-state index is -0.711. The van der Waals surface area contributed by atoms with Crippen LogP contribution < -0.4 is 0 Å². The standard InChI is InChI=1S/C9H9BrO2/c10-6-2-1-5-3-8(11)9(12)7(5)4-6/h1-2,4,8-9,11-12H,3H2/t8-,9+/m0/s1. The van der Waals surface area contributed by atoms with Crippen molar-refractivity contribution in [3.63, 3.8) is 0 Å². The molecule has 0 spiro atoms. The molecule has 12 heavy (non-hydrogen) atoms. The Kier molecular flexibility index (Phi) is 1.94. The SMILES string of the molecule is O[C@@H]1c2cc(Br)ccc2C[C@@H]1O. The summed E-state index contributed by atoms with van der Waals surface area (Å²) < 4.78 is 0.939. The molecule has 2 N–H and O–H groups in total. The molecule has 0 amide bonds. The zero-order valence-electron chi connectivity index (χ0n) is 6.37. The summed E-state index contributed by atoms with van der Waals surface area (Å²) in [4.78, 5) is 0. The van der Waals surface area contributed by atoms with Gasteiger partial charge in [-0.15, -0.1) is 0 Å². The number of hydrogen-bond acceptors (Lipinski definition) is 2. The largest absolute Gasteiger partial charge is 0.390 e. The van der Waals surface area contributed by atoms with Crippen molar-refractivity contribution in [2.45, 2.75) is 18.6 Å². The molecule has 0 bridgehead atoms. The normalized spacial score (nSPS) is 27.2. The number of benzene rings is 1. The molecule has 2 nitrogen and oxygen atoms in total. The second-order valence-electron chi connectivity index (χ2n) is 3.06. The second-order valence-corrected chi connectivity index (χ2v) is 3.98. The fourth-order valence-electron chi connectivity index (χ4n) is 1.57. The van der Waals surface area contributed by atoms with Gasteiger partial charge in [0.2, 0.25) is 0 Å². The average molecular weight is 229 g/mol. The molecular formula is C9H9BrO2. The van der Waals surface area contributed by atoms with E-state index in [0.717, 1.165) is 15.6 Å². The van der Waals surface area contributed by atoms with Crippen molar-refractivity contribution >= 4 is 15.9 Å². The number of fused-ring (bicyclic) bond motifs is 1. The van der Waals surface area contributed by atoms with Gasteiger partial charge in [0, 0.05) is 10.9 Å². The highest BCUT2D eigenvalue weighted by Gasteiger charge is 2.28. The first-order valence-electron chi connectivity index (χ1n) is 3.83. The van der Waals surface area contributed by atoms with E-state index >= 15 is 0 Å². The number of halogens is 1. The van der Waals surface area contributed by atoms with Gasteiger partial charge in [-0.3, -0.25) is 0 Å². The summed E-state index contributed by atoms with van der Waals surface area (Å²) in [6.07, 6.45) is -0.782. The second kappa shape index (κ2) is 2.83. The minimum absolute atomic E-state index is 0.559. The van der Waals surface area contributed by atoms with Gasteiger partial charge >= 0.3 is 0 Å². The van der Waals surface area contributed by atoms with Crippen LogP contribution in [0.3, 0.4) is 0 Å². The van der Waals surface area contributed by atoms with Gasteiger partial charge in [0.25, 0.3) is 0 Å². The molecule has 1 aliphatic rings. The Hall–Kier alpha value is -0.380. The van der Waals surface area contributed by atoms with Gasteiger partial charge in [0.05, 0.1) is 6.10 Å². The van der Waals surface area contributed by atoms with E-state index in [1.54, 1.807) is 0 Å². The summed E-state index contributed by atoms with van der Waals surface area (Å²) in [5.41, 5.74) is 1.88. The molecular weight excluding hydrogens is 220 g/mol. The molecule has 0 heterocycles. The lowest BCUT2D eigenvalue weighted by molar-refractivity contribution is 0.0326. The molecule has 0 saturated heterocycles. The fraction of sp³-hybridized carbons (Fsp3) is 0.333. The lowest BCUT2D eigenvalue weighted by Gasteiger charge is -2.07. The summed E-state index contributed by atoms with van der Waals surface area (Å²) in [7, 11) is 0. The van der Waals surface area contributed by atoms with E-state index in [2.05, 4.69) is 15.9 Å². The van der Waals surface area contributed by atoms with Crippen LogP contribution in [0.25, 0.3) is 0 Å². The van der Waals surface area contributed by atoms with Crippen molar-refractivity contribution in [1.29, 1.82) is 0 Å². The maximum Gasteiger partial charge on any atom is 0.105 e. The third-order valence-electron chi connectivity index (χ3n) is 2.22. The summed E-state index contributed by atoms with van der Waals surface area (Å²) in [6.45, 7) is 0. The highest BCUT2D eigenvalue weighted by molar-refractivity contribution is 9.10. The van der Waals surface area contributed by atoms with Crippen molar-refractivity contribution in [1.82, 2.24) is 0 Å². The summed E-state index contributed by atoms with van der Waals surface area (Å²) in [6, 6.07) is 5.71. The molecule has 1 aromatic rings. The van der Waals surface area contributed by atoms with Crippen LogP contribution in [0.4, 0.5) is 0 Å². The first-order chi connectivity index (χ1) is 5.68. The van der Waals surface area contributed by atoms with E-state index in [4.69, 9.17) is 0 Å². The Morgan fingerprint density at radius 2 is 2.08 bits per heavy atom. The fourth-order valence-corrected chi connectivity index (χ4v) is 1.95. The van der Waals surface area contributed by atoms with Crippen LogP contribution in [0, 0.1) is 0 Å². The summed E-state index contributed by atoms with van der Waals surface area (Å²) in [5, 5.41) is 18.8. The molecule has 64 valence electrons. The van der Waals surface area contributed by atoms with Gasteiger partial charge in [0.15, 0.2) is 0 Å². The maximum atomic E-state index is 9.50. The lowest BCUT2D eigenvalue weighted by Crippen LogP contribution is -2.11. The first kappa shape index (κ1) is 8.23. The zero-order chi connectivity index (χ0) is 8.72. The number of aliphatic hydroxyl groups is 2. The lowest BCUT2D eigenvalue weighted by atomic mass is 10.1. The molecule has 0 unspecified atom stereocenters. The van der Waals surface area contributed by atoms with Gasteiger partial charge in [0.1, 0.15) is 6.10 Å². The van der Waals surface area contributed by atoms with E-state index in [0.29, 0.717) is 6.42 Å². The quantitative estimate of drug-likeness (QED) is 0.705. The Morgan fingerprint density at radius 3 is 2.83 bits per heavy atom. The van der Waals surface area contributed by atoms with Crippen LogP contribution in [0.2, 0.25) is 0 Å². The van der Waals surface area contributed by atoms with Gasteiger partial charge < -0.3 is 10.2 Å². The molecule has 2 atom stereocenters. The first-order valence-corrected chi connectivity index (χ1v) is 4.62. The zero-order valence-corrected chi connectivity index (χ0v) is 7.95. The van der Waals surface area contributed by atoms with Gasteiger partial charge in [-0.2, -0.15) is 0 Å². The van der Waals surface area contributed by atoms with Crippen LogP contribution in [0.1, 0.15) is 17.2 Å². The van der Waals surface area contributed by atoms with Crippen LogP contribution in [-0.2, 0) is 6.42 Å². The Labute approximate surface area is 79.0 Å². The number of rotatable bonds is 0. The third kappa shape index (κ3) is 1.18. The van der Waals surface area contributed by atoms with Crippen molar-refractivity contribution in [2.24, 2.45) is 0 Å². The molecule has 0 aromatic heterocycles. The van der Waals surface area contributed by atoms with Gasteiger partial charge in [-0.1, -0.05) is 22.0 Å². The van der Waals surface area contributed by atoms with Gasteiger partial charge in [-0.25, -0.2) is 0 Å². The highest BCUT2D eigenvalue weighted by atomic mass is 79.9. The molecule has 3 heteroatoms. The van der Waals surface area contributed by atoms with E-state index in [1.807, 2.05) is 18.2 Å². The van der Waals surface area contributed by atoms with Crippen LogP contribution in [-0.4, -0.2) is 16.3 Å². The molecule has 0 aliphatic heterocycles. The third-order valence-corrected chi connectivity index (χ3v) is 2.71. The Balaban J connectivity index is 2.48. The molecule has 0 fully saturated rings. The van der Waals surface area contributed by atoms with Gasteiger partial charge in [-0.05, 0) is 23.3 Å². The van der Waals surface area contributed by atoms with Crippen LogP contribution >= 0.6 is 15.9 Å². The predicted octanol–water partition coefficient (Wildman–Crippen LogP) is 1.40. The Bertz CT molecular complexity index is 311. The summed E-state index contributed by atoms with van der Waals surface area (Å²) >= 11 is 3.32. The Morgan fingerprint density at radius 1 is 1.33 bits per heavy atom. The van der Waals surface area contributed by atoms with E-state index in [1.165, 1.54) is 0 Å². The molecule has 2 rings (SSSR count). The van der Waals surface area contributed by atoms with Crippen LogP contribution in [0.15, 0.2) is 22.7 Å². The molecule has 0 saturated carbocycles. The van der Waals surface area contributed by atoms with E-state index < -0.39 is 12.2 Å². The van der Waals surface area contributed by atoms with Crippen molar-refractivity contribution in [3.05, 3.63) is 33.8 Å². The molecule has 1 aromatic carbocycles. The van der Waals surface area contributed by atoms with Crippen molar-refractivity contribution < 1.29 is 10.2 Å². The predicted molar refractivity (Wildman–Crippen MR) is 48.8 cm³/mol. The maximum absolute atomic E-state index is 9.50.